The van der Waals surface area contributed by atoms with Gasteiger partial charge in [-0.25, -0.2) is 0 Å². The molecule has 2 aromatic rings. The van der Waals surface area contributed by atoms with E-state index in [1.54, 1.807) is 6.26 Å². The van der Waals surface area contributed by atoms with Crippen LogP contribution in [0.25, 0.3) is 0 Å². The molecule has 4 heteroatoms. The average molecular weight is 248 g/mol. The predicted octanol–water partition coefficient (Wildman–Crippen LogP) is 2.57. The molecule has 4 nitrogen and oxygen atoms in total. The summed E-state index contributed by atoms with van der Waals surface area (Å²) in [4.78, 5) is 2.14. The molecule has 0 aliphatic heterocycles. The van der Waals surface area contributed by atoms with Gasteiger partial charge in [-0.05, 0) is 45.3 Å². The molecule has 0 aromatic carbocycles. The molecule has 0 amide bonds. The van der Waals surface area contributed by atoms with Crippen molar-refractivity contribution in [1.82, 2.24) is 10.2 Å². The summed E-state index contributed by atoms with van der Waals surface area (Å²) in [6.07, 6.45) is 1.71. The Bertz CT molecular complexity index is 460. The third-order valence-corrected chi connectivity index (χ3v) is 2.93. The zero-order valence-corrected chi connectivity index (χ0v) is 11.1. The Balaban J connectivity index is 1.87. The van der Waals surface area contributed by atoms with Crippen LogP contribution in [0.15, 0.2) is 39.4 Å². The SMILES string of the molecule is Cc1ccc(CNCC(c2ccco2)N(C)C)o1. The normalized spacial score (nSPS) is 13.1. The van der Waals surface area contributed by atoms with Crippen LogP contribution in [-0.4, -0.2) is 25.5 Å². The van der Waals surface area contributed by atoms with Crippen LogP contribution < -0.4 is 5.32 Å². The molecule has 0 saturated heterocycles. The molecule has 0 spiro atoms. The lowest BCUT2D eigenvalue weighted by Gasteiger charge is -2.22. The number of rotatable bonds is 6. The van der Waals surface area contributed by atoms with Gasteiger partial charge < -0.3 is 14.2 Å². The van der Waals surface area contributed by atoms with Gasteiger partial charge in [0, 0.05) is 6.54 Å². The number of aryl methyl sites for hydroxylation is 1. The molecule has 1 unspecified atom stereocenters. The van der Waals surface area contributed by atoms with Gasteiger partial charge >= 0.3 is 0 Å². The minimum absolute atomic E-state index is 0.232. The van der Waals surface area contributed by atoms with Gasteiger partial charge in [-0.15, -0.1) is 0 Å². The molecule has 0 radical (unpaired) electrons. The van der Waals surface area contributed by atoms with E-state index in [4.69, 9.17) is 8.83 Å². The van der Waals surface area contributed by atoms with E-state index in [9.17, 15) is 0 Å². The molecule has 98 valence electrons. The topological polar surface area (TPSA) is 41.6 Å². The fraction of sp³-hybridized carbons (Fsp3) is 0.429. The summed E-state index contributed by atoms with van der Waals surface area (Å²) in [7, 11) is 4.10. The second-order valence-corrected chi connectivity index (χ2v) is 4.64. The van der Waals surface area contributed by atoms with Crippen LogP contribution in [0.4, 0.5) is 0 Å². The van der Waals surface area contributed by atoms with Crippen LogP contribution in [0.2, 0.25) is 0 Å². The van der Waals surface area contributed by atoms with Gasteiger partial charge in [0.15, 0.2) is 0 Å². The van der Waals surface area contributed by atoms with Crippen molar-refractivity contribution < 1.29 is 8.83 Å². The summed E-state index contributed by atoms with van der Waals surface area (Å²) >= 11 is 0. The highest BCUT2D eigenvalue weighted by Gasteiger charge is 2.16. The van der Waals surface area contributed by atoms with Crippen molar-refractivity contribution >= 4 is 0 Å². The first-order chi connectivity index (χ1) is 8.66. The summed E-state index contributed by atoms with van der Waals surface area (Å²) in [6, 6.07) is 8.13. The van der Waals surface area contributed by atoms with Crippen LogP contribution in [0.1, 0.15) is 23.3 Å². The number of furan rings is 2. The number of nitrogens with zero attached hydrogens (tertiary/aromatic N) is 1. The molecular formula is C14H20N2O2. The van der Waals surface area contributed by atoms with Crippen molar-refractivity contribution in [3.63, 3.8) is 0 Å². The Morgan fingerprint density at radius 3 is 2.67 bits per heavy atom. The molecule has 0 aliphatic carbocycles. The van der Waals surface area contributed by atoms with E-state index in [-0.39, 0.29) is 6.04 Å². The molecular weight excluding hydrogens is 228 g/mol. The third kappa shape index (κ3) is 3.24. The van der Waals surface area contributed by atoms with E-state index in [2.05, 4.69) is 10.2 Å². The molecule has 2 aromatic heterocycles. The van der Waals surface area contributed by atoms with Crippen molar-refractivity contribution in [2.24, 2.45) is 0 Å². The minimum Gasteiger partial charge on any atom is -0.468 e. The van der Waals surface area contributed by atoms with E-state index in [0.29, 0.717) is 0 Å². The van der Waals surface area contributed by atoms with Crippen molar-refractivity contribution in [3.8, 4) is 0 Å². The summed E-state index contributed by atoms with van der Waals surface area (Å²) in [5.74, 6) is 2.88. The largest absolute Gasteiger partial charge is 0.468 e. The maximum Gasteiger partial charge on any atom is 0.122 e. The Morgan fingerprint density at radius 1 is 1.28 bits per heavy atom. The van der Waals surface area contributed by atoms with Crippen molar-refractivity contribution in [2.45, 2.75) is 19.5 Å². The molecule has 0 fully saturated rings. The summed E-state index contributed by atoms with van der Waals surface area (Å²) in [5, 5.41) is 3.39. The molecule has 0 bridgehead atoms. The molecule has 1 atom stereocenters. The van der Waals surface area contributed by atoms with Crippen LogP contribution in [0, 0.1) is 6.92 Å². The van der Waals surface area contributed by atoms with E-state index >= 15 is 0 Å². The first-order valence-corrected chi connectivity index (χ1v) is 6.12. The monoisotopic (exact) mass is 248 g/mol. The molecule has 0 aliphatic rings. The number of hydrogen-bond donors (Lipinski definition) is 1. The smallest absolute Gasteiger partial charge is 0.122 e. The summed E-state index contributed by atoms with van der Waals surface area (Å²) in [6.45, 7) is 3.51. The van der Waals surface area contributed by atoms with E-state index in [1.165, 1.54) is 0 Å². The maximum atomic E-state index is 5.52. The van der Waals surface area contributed by atoms with Crippen LogP contribution in [-0.2, 0) is 6.54 Å². The van der Waals surface area contributed by atoms with Crippen LogP contribution >= 0.6 is 0 Å². The van der Waals surface area contributed by atoms with Crippen molar-refractivity contribution in [3.05, 3.63) is 47.8 Å². The Labute approximate surface area is 108 Å². The second kappa shape index (κ2) is 5.89. The van der Waals surface area contributed by atoms with Crippen LogP contribution in [0.5, 0.6) is 0 Å². The first-order valence-electron chi connectivity index (χ1n) is 6.12. The first kappa shape index (κ1) is 12.9. The fourth-order valence-corrected chi connectivity index (χ4v) is 1.93. The van der Waals surface area contributed by atoms with Gasteiger partial charge in [-0.2, -0.15) is 0 Å². The van der Waals surface area contributed by atoms with Gasteiger partial charge in [0.25, 0.3) is 0 Å². The van der Waals surface area contributed by atoms with Crippen molar-refractivity contribution in [1.29, 1.82) is 0 Å². The Kier molecular flexibility index (Phi) is 4.23. The van der Waals surface area contributed by atoms with Gasteiger partial charge in [-0.3, -0.25) is 4.90 Å². The van der Waals surface area contributed by atoms with E-state index in [1.807, 2.05) is 45.3 Å². The molecule has 18 heavy (non-hydrogen) atoms. The highest BCUT2D eigenvalue weighted by atomic mass is 16.3. The number of hydrogen-bond acceptors (Lipinski definition) is 4. The summed E-state index contributed by atoms with van der Waals surface area (Å²) < 4.78 is 11.0. The second-order valence-electron chi connectivity index (χ2n) is 4.64. The average Bonchev–Trinajstić information content (AvgIpc) is 2.95. The minimum atomic E-state index is 0.232. The maximum absolute atomic E-state index is 5.52. The highest BCUT2D eigenvalue weighted by Crippen LogP contribution is 2.17. The van der Waals surface area contributed by atoms with Crippen molar-refractivity contribution in [2.75, 3.05) is 20.6 Å². The third-order valence-electron chi connectivity index (χ3n) is 2.93. The molecule has 2 rings (SSSR count). The lowest BCUT2D eigenvalue weighted by Crippen LogP contribution is -2.30. The molecule has 0 saturated carbocycles. The van der Waals surface area contributed by atoms with Gasteiger partial charge in [0.05, 0.1) is 18.8 Å². The van der Waals surface area contributed by atoms with E-state index < -0.39 is 0 Å². The Morgan fingerprint density at radius 2 is 2.11 bits per heavy atom. The predicted molar refractivity (Wildman–Crippen MR) is 70.3 cm³/mol. The van der Waals surface area contributed by atoms with Crippen LogP contribution in [0.3, 0.4) is 0 Å². The zero-order chi connectivity index (χ0) is 13.0. The Hall–Kier alpha value is -1.52. The van der Waals surface area contributed by atoms with E-state index in [0.717, 1.165) is 30.4 Å². The van der Waals surface area contributed by atoms with Gasteiger partial charge in [0.1, 0.15) is 17.3 Å². The number of likely N-dealkylation sites (N-methyl/N-ethyl adjacent to an activating group) is 1. The molecule has 1 N–H and O–H groups in total. The lowest BCUT2D eigenvalue weighted by molar-refractivity contribution is 0.248. The molecule has 2 heterocycles. The zero-order valence-electron chi connectivity index (χ0n) is 11.1. The lowest BCUT2D eigenvalue weighted by atomic mass is 10.2. The van der Waals surface area contributed by atoms with Gasteiger partial charge in [-0.1, -0.05) is 0 Å². The highest BCUT2D eigenvalue weighted by molar-refractivity contribution is 5.07. The summed E-state index contributed by atoms with van der Waals surface area (Å²) in [5.41, 5.74) is 0. The van der Waals surface area contributed by atoms with Gasteiger partial charge in [0.2, 0.25) is 0 Å². The fourth-order valence-electron chi connectivity index (χ4n) is 1.93. The quantitative estimate of drug-likeness (QED) is 0.853. The number of nitrogens with one attached hydrogen (secondary N) is 1. The standard InChI is InChI=1S/C14H20N2O2/c1-11-6-7-12(18-11)9-15-10-13(16(2)3)14-5-4-8-17-14/h4-8,13,15H,9-10H2,1-3H3.